The van der Waals surface area contributed by atoms with Crippen LogP contribution in [0.15, 0.2) is 42.5 Å². The predicted molar refractivity (Wildman–Crippen MR) is 115 cm³/mol. The number of fused-ring (bicyclic) bond motifs is 4. The molecule has 0 aromatic heterocycles. The first-order valence-corrected chi connectivity index (χ1v) is 10.1. The van der Waals surface area contributed by atoms with Crippen molar-refractivity contribution in [2.75, 3.05) is 18.6 Å². The summed E-state index contributed by atoms with van der Waals surface area (Å²) in [4.78, 5) is 14.8. The van der Waals surface area contributed by atoms with Crippen LogP contribution in [0.5, 0.6) is 11.5 Å². The second-order valence-corrected chi connectivity index (χ2v) is 7.83. The third-order valence-electron chi connectivity index (χ3n) is 5.32. The van der Waals surface area contributed by atoms with Crippen molar-refractivity contribution in [1.82, 2.24) is 5.32 Å². The van der Waals surface area contributed by atoms with Gasteiger partial charge in [-0.2, -0.15) is 0 Å². The average molecular weight is 433 g/mol. The SMILES string of the molecule is CCOC(=O)[C@H]1[C@H]2NC(=S)N(c3cccc(Cl)c3)[C@@]1(C)Oc1c(OC)cccc12. The number of methoxy groups -OCH3 is 1. The molecular formula is C21H21ClN2O4S. The Labute approximate surface area is 179 Å². The number of hydrogen-bond donors (Lipinski definition) is 1. The lowest BCUT2D eigenvalue weighted by atomic mass is 9.79. The van der Waals surface area contributed by atoms with Crippen LogP contribution in [0.1, 0.15) is 25.5 Å². The molecule has 2 aromatic carbocycles. The van der Waals surface area contributed by atoms with Gasteiger partial charge in [-0.3, -0.25) is 9.69 Å². The molecule has 1 fully saturated rings. The van der Waals surface area contributed by atoms with Crippen LogP contribution in [0.3, 0.4) is 0 Å². The van der Waals surface area contributed by atoms with Crippen molar-refractivity contribution in [3.05, 3.63) is 53.1 Å². The first-order valence-electron chi connectivity index (χ1n) is 9.29. The second kappa shape index (κ2) is 7.39. The summed E-state index contributed by atoms with van der Waals surface area (Å²) in [7, 11) is 1.58. The van der Waals surface area contributed by atoms with E-state index in [-0.39, 0.29) is 12.6 Å². The number of para-hydroxylation sites is 1. The first kappa shape index (κ1) is 19.8. The van der Waals surface area contributed by atoms with Crippen LogP contribution < -0.4 is 19.7 Å². The highest BCUT2D eigenvalue weighted by Gasteiger charge is 2.60. The van der Waals surface area contributed by atoms with Gasteiger partial charge < -0.3 is 19.5 Å². The molecule has 3 atom stereocenters. The normalized spacial score (nSPS) is 24.8. The van der Waals surface area contributed by atoms with Gasteiger partial charge >= 0.3 is 5.97 Å². The molecule has 1 N–H and O–H groups in total. The summed E-state index contributed by atoms with van der Waals surface area (Å²) in [5, 5.41) is 4.31. The van der Waals surface area contributed by atoms with Gasteiger partial charge in [-0.05, 0) is 50.3 Å². The maximum Gasteiger partial charge on any atom is 0.317 e. The first-order chi connectivity index (χ1) is 13.9. The van der Waals surface area contributed by atoms with E-state index in [1.165, 1.54) is 0 Å². The van der Waals surface area contributed by atoms with E-state index in [1.54, 1.807) is 31.1 Å². The summed E-state index contributed by atoms with van der Waals surface area (Å²) in [6.45, 7) is 3.89. The van der Waals surface area contributed by atoms with E-state index in [2.05, 4.69) is 5.32 Å². The van der Waals surface area contributed by atoms with Gasteiger partial charge in [-0.25, -0.2) is 0 Å². The number of rotatable bonds is 4. The van der Waals surface area contributed by atoms with Crippen molar-refractivity contribution >= 4 is 40.6 Å². The number of ether oxygens (including phenoxy) is 3. The molecular weight excluding hydrogens is 412 g/mol. The van der Waals surface area contributed by atoms with Crippen LogP contribution in [0.25, 0.3) is 0 Å². The number of nitrogens with zero attached hydrogens (tertiary/aromatic N) is 1. The zero-order valence-electron chi connectivity index (χ0n) is 16.3. The van der Waals surface area contributed by atoms with Crippen LogP contribution >= 0.6 is 23.8 Å². The number of carbonyl (C=O) groups excluding carboxylic acids is 1. The lowest BCUT2D eigenvalue weighted by Crippen LogP contribution is -2.71. The number of carbonyl (C=O) groups is 1. The van der Waals surface area contributed by atoms with Gasteiger partial charge in [0, 0.05) is 16.3 Å². The summed E-state index contributed by atoms with van der Waals surface area (Å²) < 4.78 is 17.4. The van der Waals surface area contributed by atoms with Crippen molar-refractivity contribution in [3.8, 4) is 11.5 Å². The van der Waals surface area contributed by atoms with E-state index >= 15 is 0 Å². The summed E-state index contributed by atoms with van der Waals surface area (Å²) >= 11 is 11.9. The van der Waals surface area contributed by atoms with Crippen LogP contribution in [-0.2, 0) is 9.53 Å². The smallest absolute Gasteiger partial charge is 0.317 e. The number of thiocarbonyl (C=S) groups is 1. The highest BCUT2D eigenvalue weighted by atomic mass is 35.5. The van der Waals surface area contributed by atoms with Gasteiger partial charge in [0.25, 0.3) is 0 Å². The Hall–Kier alpha value is -2.51. The van der Waals surface area contributed by atoms with Crippen molar-refractivity contribution in [1.29, 1.82) is 0 Å². The third-order valence-corrected chi connectivity index (χ3v) is 5.85. The molecule has 29 heavy (non-hydrogen) atoms. The average Bonchev–Trinajstić information content (AvgIpc) is 2.67. The van der Waals surface area contributed by atoms with Crippen molar-refractivity contribution in [3.63, 3.8) is 0 Å². The van der Waals surface area contributed by atoms with Gasteiger partial charge in [0.15, 0.2) is 16.6 Å². The Bertz CT molecular complexity index is 985. The zero-order chi connectivity index (χ0) is 20.8. The minimum Gasteiger partial charge on any atom is -0.493 e. The number of halogens is 1. The molecule has 0 unspecified atom stereocenters. The van der Waals surface area contributed by atoms with E-state index in [0.717, 1.165) is 5.56 Å². The van der Waals surface area contributed by atoms with Gasteiger partial charge in [0.05, 0.1) is 19.8 Å². The molecule has 8 heteroatoms. The fourth-order valence-corrected chi connectivity index (χ4v) is 4.73. The molecule has 2 heterocycles. The molecule has 1 saturated heterocycles. The molecule has 152 valence electrons. The highest BCUT2D eigenvalue weighted by molar-refractivity contribution is 7.80. The number of nitrogens with one attached hydrogen (secondary N) is 1. The van der Waals surface area contributed by atoms with Crippen LogP contribution in [0.2, 0.25) is 5.02 Å². The third kappa shape index (κ3) is 3.09. The summed E-state index contributed by atoms with van der Waals surface area (Å²) in [5.41, 5.74) is 0.363. The Morgan fingerprint density at radius 3 is 2.79 bits per heavy atom. The molecule has 2 aliphatic rings. The molecule has 0 saturated carbocycles. The van der Waals surface area contributed by atoms with E-state index in [1.807, 2.05) is 37.3 Å². The molecule has 0 aliphatic carbocycles. The molecule has 2 aliphatic heterocycles. The predicted octanol–water partition coefficient (Wildman–Crippen LogP) is 4.07. The minimum absolute atomic E-state index is 0.269. The molecule has 6 nitrogen and oxygen atoms in total. The molecule has 0 spiro atoms. The number of hydrogen-bond acceptors (Lipinski definition) is 5. The van der Waals surface area contributed by atoms with Gasteiger partial charge in [0.2, 0.25) is 5.72 Å². The molecule has 2 bridgehead atoms. The Morgan fingerprint density at radius 2 is 2.10 bits per heavy atom. The van der Waals surface area contributed by atoms with Crippen LogP contribution in [-0.4, -0.2) is 30.5 Å². The number of benzene rings is 2. The van der Waals surface area contributed by atoms with E-state index in [4.69, 9.17) is 38.0 Å². The molecule has 2 aromatic rings. The summed E-state index contributed by atoms with van der Waals surface area (Å²) in [6.07, 6.45) is 0. The van der Waals surface area contributed by atoms with E-state index in [0.29, 0.717) is 27.3 Å². The van der Waals surface area contributed by atoms with Crippen molar-refractivity contribution < 1.29 is 19.0 Å². The minimum atomic E-state index is -1.15. The van der Waals surface area contributed by atoms with Gasteiger partial charge in [0.1, 0.15) is 5.92 Å². The Morgan fingerprint density at radius 1 is 1.34 bits per heavy atom. The molecule has 0 radical (unpaired) electrons. The second-order valence-electron chi connectivity index (χ2n) is 7.01. The maximum atomic E-state index is 13.1. The Kier molecular flexibility index (Phi) is 5.04. The topological polar surface area (TPSA) is 60.0 Å². The van der Waals surface area contributed by atoms with Crippen LogP contribution in [0.4, 0.5) is 5.69 Å². The van der Waals surface area contributed by atoms with E-state index in [9.17, 15) is 4.79 Å². The quantitative estimate of drug-likeness (QED) is 0.577. The lowest BCUT2D eigenvalue weighted by molar-refractivity contribution is -0.159. The number of anilines is 1. The van der Waals surface area contributed by atoms with Crippen molar-refractivity contribution in [2.24, 2.45) is 5.92 Å². The van der Waals surface area contributed by atoms with Gasteiger partial charge in [-0.15, -0.1) is 0 Å². The van der Waals surface area contributed by atoms with E-state index < -0.39 is 17.7 Å². The molecule has 0 amide bonds. The monoisotopic (exact) mass is 432 g/mol. The summed E-state index contributed by atoms with van der Waals surface area (Å²) in [5.74, 6) is 0.120. The van der Waals surface area contributed by atoms with Crippen LogP contribution in [0, 0.1) is 5.92 Å². The summed E-state index contributed by atoms with van der Waals surface area (Å²) in [6, 6.07) is 12.4. The maximum absolute atomic E-state index is 13.1. The molecule has 4 rings (SSSR count). The lowest BCUT2D eigenvalue weighted by Gasteiger charge is -2.55. The highest BCUT2D eigenvalue weighted by Crippen LogP contribution is 2.52. The fourth-order valence-electron chi connectivity index (χ4n) is 4.13. The Balaban J connectivity index is 1.92. The zero-order valence-corrected chi connectivity index (χ0v) is 17.8. The van der Waals surface area contributed by atoms with Crippen molar-refractivity contribution in [2.45, 2.75) is 25.6 Å². The largest absolute Gasteiger partial charge is 0.493 e. The standard InChI is InChI=1S/C21H21ClN2O4S/c1-4-27-19(25)16-17-14-9-6-10-15(26-3)18(14)28-21(16,2)24(20(29)23-17)13-8-5-7-12(22)11-13/h5-11,16-17H,4H2,1-3H3,(H,23,29)/t16-,17+,21+/m1/s1. The number of esters is 1. The fraction of sp³-hybridized carbons (Fsp3) is 0.333. The van der Waals surface area contributed by atoms with Gasteiger partial charge in [-0.1, -0.05) is 29.8 Å².